The van der Waals surface area contributed by atoms with Gasteiger partial charge in [0.25, 0.3) is 0 Å². The zero-order valence-corrected chi connectivity index (χ0v) is 15.3. The number of esters is 1. The number of pyridine rings is 1. The Bertz CT molecular complexity index is 1090. The predicted octanol–water partition coefficient (Wildman–Crippen LogP) is 6.24. The van der Waals surface area contributed by atoms with E-state index in [2.05, 4.69) is 9.72 Å². The number of benzene rings is 2. The van der Waals surface area contributed by atoms with Crippen LogP contribution in [-0.2, 0) is 17.1 Å². The number of carbonyl (C=O) groups excluding carboxylic acids is 1. The Labute approximate surface area is 166 Å². The van der Waals surface area contributed by atoms with Gasteiger partial charge in [0, 0.05) is 17.3 Å². The number of methoxy groups -OCH3 is 1. The summed E-state index contributed by atoms with van der Waals surface area (Å²) in [6, 6.07) is 10.1. The van der Waals surface area contributed by atoms with Crippen LogP contribution in [0.25, 0.3) is 22.4 Å². The molecule has 9 heteroatoms. The zero-order chi connectivity index (χ0) is 22.1. The van der Waals surface area contributed by atoms with Crippen LogP contribution in [0.15, 0.2) is 60.8 Å². The quantitative estimate of drug-likeness (QED) is 0.368. The summed E-state index contributed by atoms with van der Waals surface area (Å²) >= 11 is 0. The van der Waals surface area contributed by atoms with Gasteiger partial charge in [-0.1, -0.05) is 36.4 Å². The van der Waals surface area contributed by atoms with Gasteiger partial charge in [0.15, 0.2) is 0 Å². The molecule has 0 saturated heterocycles. The molecule has 0 N–H and O–H groups in total. The SMILES string of the molecule is COC(=O)c1cc(-c2ccccc2C(F)(F)F)ncc1-c1ccccc1C(F)(F)F. The first-order chi connectivity index (χ1) is 14.0. The zero-order valence-electron chi connectivity index (χ0n) is 15.3. The van der Waals surface area contributed by atoms with Gasteiger partial charge in [-0.25, -0.2) is 4.79 Å². The minimum atomic E-state index is -4.72. The molecule has 1 aromatic heterocycles. The molecule has 0 unspecified atom stereocenters. The summed E-state index contributed by atoms with van der Waals surface area (Å²) in [4.78, 5) is 16.2. The van der Waals surface area contributed by atoms with Crippen LogP contribution in [0.3, 0.4) is 0 Å². The summed E-state index contributed by atoms with van der Waals surface area (Å²) in [6.07, 6.45) is -8.46. The number of halogens is 6. The molecule has 0 spiro atoms. The van der Waals surface area contributed by atoms with Crippen LogP contribution in [0.5, 0.6) is 0 Å². The van der Waals surface area contributed by atoms with Crippen LogP contribution in [0.1, 0.15) is 21.5 Å². The second-order valence-electron chi connectivity index (χ2n) is 6.19. The van der Waals surface area contributed by atoms with Gasteiger partial charge in [0.05, 0.1) is 29.5 Å². The normalized spacial score (nSPS) is 12.0. The van der Waals surface area contributed by atoms with E-state index in [-0.39, 0.29) is 27.9 Å². The van der Waals surface area contributed by atoms with E-state index in [1.54, 1.807) is 0 Å². The molecule has 3 aromatic rings. The highest BCUT2D eigenvalue weighted by Crippen LogP contribution is 2.40. The first kappa shape index (κ1) is 21.4. The predicted molar refractivity (Wildman–Crippen MR) is 96.5 cm³/mol. The van der Waals surface area contributed by atoms with Gasteiger partial charge in [-0.3, -0.25) is 4.98 Å². The van der Waals surface area contributed by atoms with Gasteiger partial charge in [-0.15, -0.1) is 0 Å². The van der Waals surface area contributed by atoms with Crippen LogP contribution in [-0.4, -0.2) is 18.1 Å². The summed E-state index contributed by atoms with van der Waals surface area (Å²) in [6.45, 7) is 0. The molecule has 0 aliphatic carbocycles. The molecule has 156 valence electrons. The highest BCUT2D eigenvalue weighted by Gasteiger charge is 2.36. The summed E-state index contributed by atoms with van der Waals surface area (Å²) < 4.78 is 84.9. The van der Waals surface area contributed by atoms with Crippen molar-refractivity contribution in [2.45, 2.75) is 12.4 Å². The van der Waals surface area contributed by atoms with Gasteiger partial charge < -0.3 is 4.74 Å². The van der Waals surface area contributed by atoms with Crippen molar-refractivity contribution in [2.24, 2.45) is 0 Å². The lowest BCUT2D eigenvalue weighted by Gasteiger charge is -2.17. The number of rotatable bonds is 3. The third-order valence-electron chi connectivity index (χ3n) is 4.34. The molecule has 1 heterocycles. The van der Waals surface area contributed by atoms with E-state index in [0.29, 0.717) is 0 Å². The molecule has 2 aromatic carbocycles. The minimum Gasteiger partial charge on any atom is -0.465 e. The first-order valence-corrected chi connectivity index (χ1v) is 8.45. The number of hydrogen-bond acceptors (Lipinski definition) is 3. The van der Waals surface area contributed by atoms with Crippen LogP contribution < -0.4 is 0 Å². The second-order valence-corrected chi connectivity index (χ2v) is 6.19. The fourth-order valence-electron chi connectivity index (χ4n) is 3.01. The van der Waals surface area contributed by atoms with Crippen molar-refractivity contribution in [1.82, 2.24) is 4.98 Å². The lowest BCUT2D eigenvalue weighted by Crippen LogP contribution is -2.11. The van der Waals surface area contributed by atoms with Crippen LogP contribution in [0.4, 0.5) is 26.3 Å². The third kappa shape index (κ3) is 4.14. The largest absolute Gasteiger partial charge is 0.465 e. The van der Waals surface area contributed by atoms with Crippen molar-refractivity contribution in [3.05, 3.63) is 77.5 Å². The molecule has 0 amide bonds. The first-order valence-electron chi connectivity index (χ1n) is 8.45. The molecule has 0 radical (unpaired) electrons. The van der Waals surface area contributed by atoms with E-state index in [1.165, 1.54) is 24.3 Å². The Balaban J connectivity index is 2.26. The number of nitrogens with zero attached hydrogens (tertiary/aromatic N) is 1. The average Bonchev–Trinajstić information content (AvgIpc) is 2.71. The lowest BCUT2D eigenvalue weighted by molar-refractivity contribution is -0.137. The van der Waals surface area contributed by atoms with Crippen LogP contribution >= 0.6 is 0 Å². The number of alkyl halides is 6. The van der Waals surface area contributed by atoms with Crippen molar-refractivity contribution in [3.63, 3.8) is 0 Å². The summed E-state index contributed by atoms with van der Waals surface area (Å²) in [5.41, 5.74) is -3.42. The van der Waals surface area contributed by atoms with Crippen molar-refractivity contribution in [2.75, 3.05) is 7.11 Å². The van der Waals surface area contributed by atoms with Gasteiger partial charge in [-0.2, -0.15) is 26.3 Å². The molecule has 30 heavy (non-hydrogen) atoms. The number of ether oxygens (including phenoxy) is 1. The lowest BCUT2D eigenvalue weighted by atomic mass is 9.94. The van der Waals surface area contributed by atoms with E-state index in [1.807, 2.05) is 0 Å². The summed E-state index contributed by atoms with van der Waals surface area (Å²) in [7, 11) is 1.02. The molecule has 0 fully saturated rings. The Kier molecular flexibility index (Phi) is 5.56. The fraction of sp³-hybridized carbons (Fsp3) is 0.143. The Hall–Kier alpha value is -3.36. The molecular formula is C21H13F6NO2. The highest BCUT2D eigenvalue weighted by molar-refractivity contribution is 5.98. The van der Waals surface area contributed by atoms with Gasteiger partial charge in [0.1, 0.15) is 0 Å². The van der Waals surface area contributed by atoms with Gasteiger partial charge in [0.2, 0.25) is 0 Å². The average molecular weight is 425 g/mol. The smallest absolute Gasteiger partial charge is 0.417 e. The van der Waals surface area contributed by atoms with Crippen molar-refractivity contribution in [1.29, 1.82) is 0 Å². The Morgan fingerprint density at radius 2 is 1.30 bits per heavy atom. The van der Waals surface area contributed by atoms with Crippen molar-refractivity contribution >= 4 is 5.97 Å². The summed E-state index contributed by atoms with van der Waals surface area (Å²) in [5, 5.41) is 0. The van der Waals surface area contributed by atoms with E-state index < -0.39 is 29.4 Å². The standard InChI is InChI=1S/C21H13F6NO2/c1-30-19(29)14-10-18(13-7-3-5-9-17(13)21(25,26)27)28-11-15(14)12-6-2-4-8-16(12)20(22,23)24/h2-11H,1H3. The molecular weight excluding hydrogens is 412 g/mol. The van der Waals surface area contributed by atoms with E-state index in [9.17, 15) is 31.1 Å². The maximum Gasteiger partial charge on any atom is 0.417 e. The van der Waals surface area contributed by atoms with E-state index >= 15 is 0 Å². The van der Waals surface area contributed by atoms with Crippen LogP contribution in [0.2, 0.25) is 0 Å². The summed E-state index contributed by atoms with van der Waals surface area (Å²) in [5.74, 6) is -1.00. The third-order valence-corrected chi connectivity index (χ3v) is 4.34. The highest BCUT2D eigenvalue weighted by atomic mass is 19.4. The maximum absolute atomic E-state index is 13.4. The number of hydrogen-bond donors (Lipinski definition) is 0. The Morgan fingerprint density at radius 1 is 0.800 bits per heavy atom. The molecule has 3 nitrogen and oxygen atoms in total. The minimum absolute atomic E-state index is 0.206. The van der Waals surface area contributed by atoms with Gasteiger partial charge >= 0.3 is 18.3 Å². The van der Waals surface area contributed by atoms with E-state index in [0.717, 1.165) is 43.6 Å². The topological polar surface area (TPSA) is 39.2 Å². The molecule has 0 saturated carbocycles. The fourth-order valence-corrected chi connectivity index (χ4v) is 3.01. The molecule has 0 atom stereocenters. The molecule has 0 aliphatic rings. The van der Waals surface area contributed by atoms with Crippen molar-refractivity contribution in [3.8, 4) is 22.4 Å². The van der Waals surface area contributed by atoms with Gasteiger partial charge in [-0.05, 0) is 23.8 Å². The second kappa shape index (κ2) is 7.81. The van der Waals surface area contributed by atoms with E-state index in [4.69, 9.17) is 0 Å². The number of aromatic nitrogens is 1. The maximum atomic E-state index is 13.4. The Morgan fingerprint density at radius 3 is 1.83 bits per heavy atom. The monoisotopic (exact) mass is 425 g/mol. The molecule has 0 aliphatic heterocycles. The van der Waals surface area contributed by atoms with Crippen LogP contribution in [0, 0.1) is 0 Å². The molecule has 3 rings (SSSR count). The van der Waals surface area contributed by atoms with Crippen molar-refractivity contribution < 1.29 is 35.9 Å². The molecule has 0 bridgehead atoms. The number of carbonyl (C=O) groups is 1.